The number of hydrogen-bond donors (Lipinski definition) is 1. The summed E-state index contributed by atoms with van der Waals surface area (Å²) in [5.41, 5.74) is 9.15. The molecule has 0 spiro atoms. The molecule has 0 radical (unpaired) electrons. The lowest BCUT2D eigenvalue weighted by Crippen LogP contribution is -2.44. The Morgan fingerprint density at radius 2 is 2.17 bits per heavy atom. The summed E-state index contributed by atoms with van der Waals surface area (Å²) in [5, 5.41) is 0. The normalized spacial score (nSPS) is 23.1. The van der Waals surface area contributed by atoms with Gasteiger partial charge in [-0.1, -0.05) is 24.3 Å². The second-order valence-corrected chi connectivity index (χ2v) is 5.01. The Kier molecular flexibility index (Phi) is 4.75. The van der Waals surface area contributed by atoms with Crippen LogP contribution in [0.1, 0.15) is 30.5 Å². The Morgan fingerprint density at radius 3 is 2.94 bits per heavy atom. The molecule has 0 amide bonds. The number of rotatable bonds is 5. The minimum atomic E-state index is 0.126. The van der Waals surface area contributed by atoms with Crippen LogP contribution in [0.3, 0.4) is 0 Å². The SMILES string of the molecule is CCOCCN(C)C1CCc2ccccc2C1N. The van der Waals surface area contributed by atoms with Crippen molar-refractivity contribution in [1.29, 1.82) is 0 Å². The standard InChI is InChI=1S/C15H24N2O/c1-3-18-11-10-17(2)14-9-8-12-6-4-5-7-13(12)15(14)16/h4-7,14-15H,3,8-11,16H2,1-2H3. The van der Waals surface area contributed by atoms with E-state index in [1.165, 1.54) is 11.1 Å². The van der Waals surface area contributed by atoms with E-state index in [1.54, 1.807) is 0 Å². The number of nitrogens with zero attached hydrogens (tertiary/aromatic N) is 1. The van der Waals surface area contributed by atoms with Gasteiger partial charge in [-0.15, -0.1) is 0 Å². The van der Waals surface area contributed by atoms with Gasteiger partial charge < -0.3 is 10.5 Å². The maximum atomic E-state index is 6.41. The van der Waals surface area contributed by atoms with Crippen molar-refractivity contribution in [3.8, 4) is 0 Å². The summed E-state index contributed by atoms with van der Waals surface area (Å²) in [7, 11) is 2.15. The largest absolute Gasteiger partial charge is 0.380 e. The van der Waals surface area contributed by atoms with Crippen LogP contribution in [-0.2, 0) is 11.2 Å². The van der Waals surface area contributed by atoms with E-state index in [0.29, 0.717) is 6.04 Å². The summed E-state index contributed by atoms with van der Waals surface area (Å²) >= 11 is 0. The molecule has 0 fully saturated rings. The van der Waals surface area contributed by atoms with Crippen molar-refractivity contribution >= 4 is 0 Å². The van der Waals surface area contributed by atoms with Gasteiger partial charge >= 0.3 is 0 Å². The van der Waals surface area contributed by atoms with Crippen LogP contribution in [0.2, 0.25) is 0 Å². The highest BCUT2D eigenvalue weighted by molar-refractivity contribution is 5.33. The molecule has 0 aromatic heterocycles. The molecule has 3 nitrogen and oxygen atoms in total. The zero-order valence-corrected chi connectivity index (χ0v) is 11.4. The van der Waals surface area contributed by atoms with E-state index in [2.05, 4.69) is 36.2 Å². The molecule has 0 aliphatic heterocycles. The fourth-order valence-electron chi connectivity index (χ4n) is 2.79. The second kappa shape index (κ2) is 6.32. The molecule has 1 aromatic carbocycles. The predicted molar refractivity (Wildman–Crippen MR) is 74.6 cm³/mol. The molecule has 100 valence electrons. The van der Waals surface area contributed by atoms with E-state index < -0.39 is 0 Å². The van der Waals surface area contributed by atoms with Crippen molar-refractivity contribution in [3.05, 3.63) is 35.4 Å². The Labute approximate surface area is 110 Å². The van der Waals surface area contributed by atoms with Crippen LogP contribution in [0.15, 0.2) is 24.3 Å². The molecular formula is C15H24N2O. The van der Waals surface area contributed by atoms with Crippen LogP contribution < -0.4 is 5.73 Å². The van der Waals surface area contributed by atoms with Gasteiger partial charge in [0.2, 0.25) is 0 Å². The predicted octanol–water partition coefficient (Wildman–Crippen LogP) is 1.97. The topological polar surface area (TPSA) is 38.5 Å². The molecule has 0 bridgehead atoms. The second-order valence-electron chi connectivity index (χ2n) is 5.01. The van der Waals surface area contributed by atoms with E-state index in [9.17, 15) is 0 Å². The highest BCUT2D eigenvalue weighted by atomic mass is 16.5. The van der Waals surface area contributed by atoms with Crippen LogP contribution in [0, 0.1) is 0 Å². The van der Waals surface area contributed by atoms with Crippen LogP contribution in [0.4, 0.5) is 0 Å². The molecule has 2 rings (SSSR count). The third kappa shape index (κ3) is 2.91. The highest BCUT2D eigenvalue weighted by Crippen LogP contribution is 2.30. The number of likely N-dealkylation sites (N-methyl/N-ethyl adjacent to an activating group) is 1. The number of nitrogens with two attached hydrogens (primary N) is 1. The van der Waals surface area contributed by atoms with Gasteiger partial charge in [0.25, 0.3) is 0 Å². The molecule has 0 saturated carbocycles. The van der Waals surface area contributed by atoms with Gasteiger partial charge in [0.05, 0.1) is 6.61 Å². The molecule has 2 atom stereocenters. The number of benzene rings is 1. The van der Waals surface area contributed by atoms with E-state index in [4.69, 9.17) is 10.5 Å². The molecule has 1 aromatic rings. The summed E-state index contributed by atoms with van der Waals surface area (Å²) in [6.07, 6.45) is 2.27. The zero-order valence-electron chi connectivity index (χ0n) is 11.4. The van der Waals surface area contributed by atoms with Gasteiger partial charge in [0.15, 0.2) is 0 Å². The summed E-state index contributed by atoms with van der Waals surface area (Å²) in [6.45, 7) is 4.56. The van der Waals surface area contributed by atoms with Crippen molar-refractivity contribution in [2.75, 3.05) is 26.8 Å². The van der Waals surface area contributed by atoms with Crippen LogP contribution >= 0.6 is 0 Å². The van der Waals surface area contributed by atoms with Gasteiger partial charge in [0, 0.05) is 25.2 Å². The zero-order chi connectivity index (χ0) is 13.0. The van der Waals surface area contributed by atoms with E-state index in [-0.39, 0.29) is 6.04 Å². The lowest BCUT2D eigenvalue weighted by atomic mass is 9.84. The lowest BCUT2D eigenvalue weighted by Gasteiger charge is -2.37. The van der Waals surface area contributed by atoms with Gasteiger partial charge in [-0.2, -0.15) is 0 Å². The van der Waals surface area contributed by atoms with E-state index in [0.717, 1.165) is 32.6 Å². The molecule has 18 heavy (non-hydrogen) atoms. The third-order valence-corrected chi connectivity index (χ3v) is 3.90. The van der Waals surface area contributed by atoms with Crippen LogP contribution in [0.25, 0.3) is 0 Å². The van der Waals surface area contributed by atoms with Gasteiger partial charge in [-0.25, -0.2) is 0 Å². The minimum absolute atomic E-state index is 0.126. The van der Waals surface area contributed by atoms with Crippen LogP contribution in [-0.4, -0.2) is 37.7 Å². The summed E-state index contributed by atoms with van der Waals surface area (Å²) < 4.78 is 5.42. The Balaban J connectivity index is 2.00. The Hall–Kier alpha value is -0.900. The first-order valence-electron chi connectivity index (χ1n) is 6.85. The summed E-state index contributed by atoms with van der Waals surface area (Å²) in [4.78, 5) is 2.34. The lowest BCUT2D eigenvalue weighted by molar-refractivity contribution is 0.0966. The first-order valence-corrected chi connectivity index (χ1v) is 6.85. The molecule has 3 heteroatoms. The van der Waals surface area contributed by atoms with Gasteiger partial charge in [-0.05, 0) is 37.9 Å². The number of aryl methyl sites for hydroxylation is 1. The number of fused-ring (bicyclic) bond motifs is 1. The van der Waals surface area contributed by atoms with Crippen molar-refractivity contribution in [3.63, 3.8) is 0 Å². The van der Waals surface area contributed by atoms with Crippen molar-refractivity contribution in [2.45, 2.75) is 31.8 Å². The monoisotopic (exact) mass is 248 g/mol. The summed E-state index contributed by atoms with van der Waals surface area (Å²) in [5.74, 6) is 0. The minimum Gasteiger partial charge on any atom is -0.380 e. The van der Waals surface area contributed by atoms with Crippen molar-refractivity contribution in [1.82, 2.24) is 4.90 Å². The maximum absolute atomic E-state index is 6.41. The molecule has 2 N–H and O–H groups in total. The van der Waals surface area contributed by atoms with Gasteiger partial charge in [0.1, 0.15) is 0 Å². The third-order valence-electron chi connectivity index (χ3n) is 3.90. The Morgan fingerprint density at radius 1 is 1.39 bits per heavy atom. The fourth-order valence-corrected chi connectivity index (χ4v) is 2.79. The van der Waals surface area contributed by atoms with Crippen LogP contribution in [0.5, 0.6) is 0 Å². The molecule has 0 saturated heterocycles. The molecule has 2 unspecified atom stereocenters. The number of hydrogen-bond acceptors (Lipinski definition) is 3. The average Bonchev–Trinajstić information content (AvgIpc) is 2.39. The van der Waals surface area contributed by atoms with Crippen molar-refractivity contribution < 1.29 is 4.74 Å². The van der Waals surface area contributed by atoms with Gasteiger partial charge in [-0.3, -0.25) is 4.90 Å². The molecule has 0 heterocycles. The first-order chi connectivity index (χ1) is 8.74. The molecular weight excluding hydrogens is 224 g/mol. The molecule has 1 aliphatic rings. The number of ether oxygens (including phenoxy) is 1. The summed E-state index contributed by atoms with van der Waals surface area (Å²) in [6, 6.07) is 9.11. The fraction of sp³-hybridized carbons (Fsp3) is 0.600. The highest BCUT2D eigenvalue weighted by Gasteiger charge is 2.28. The molecule has 1 aliphatic carbocycles. The van der Waals surface area contributed by atoms with E-state index in [1.807, 2.05) is 6.92 Å². The first kappa shape index (κ1) is 13.5. The average molecular weight is 248 g/mol. The Bertz CT molecular complexity index is 381. The smallest absolute Gasteiger partial charge is 0.0593 e. The van der Waals surface area contributed by atoms with Crippen molar-refractivity contribution in [2.24, 2.45) is 5.73 Å². The van der Waals surface area contributed by atoms with E-state index >= 15 is 0 Å². The maximum Gasteiger partial charge on any atom is 0.0593 e. The quantitative estimate of drug-likeness (QED) is 0.810.